The Kier molecular flexibility index (Phi) is 5.59. The number of halogens is 3. The fraction of sp³-hybridized carbons (Fsp3) is 0.300. The van der Waals surface area contributed by atoms with Gasteiger partial charge >= 0.3 is 6.18 Å². The second-order valence-corrected chi connectivity index (χ2v) is 7.21. The maximum atomic E-state index is 12.9. The van der Waals surface area contributed by atoms with Gasteiger partial charge in [0.15, 0.2) is 5.82 Å². The monoisotopic (exact) mass is 432 g/mol. The minimum atomic E-state index is -4.35. The predicted molar refractivity (Wildman–Crippen MR) is 107 cm³/mol. The van der Waals surface area contributed by atoms with Crippen molar-refractivity contribution in [3.63, 3.8) is 0 Å². The van der Waals surface area contributed by atoms with Crippen molar-refractivity contribution in [3.05, 3.63) is 70.5 Å². The first-order valence-electron chi connectivity index (χ1n) is 9.58. The highest BCUT2D eigenvalue weighted by Gasteiger charge is 2.31. The van der Waals surface area contributed by atoms with Crippen LogP contribution in [0.25, 0.3) is 11.4 Å². The van der Waals surface area contributed by atoms with Gasteiger partial charge in [-0.2, -0.15) is 13.2 Å². The molecule has 162 valence electrons. The van der Waals surface area contributed by atoms with Crippen LogP contribution in [0.2, 0.25) is 0 Å². The van der Waals surface area contributed by atoms with Gasteiger partial charge in [0.2, 0.25) is 0 Å². The van der Waals surface area contributed by atoms with Crippen molar-refractivity contribution in [1.29, 1.82) is 0 Å². The second kappa shape index (κ2) is 8.34. The highest BCUT2D eigenvalue weighted by atomic mass is 19.4. The van der Waals surface area contributed by atoms with Gasteiger partial charge in [0.05, 0.1) is 17.2 Å². The van der Waals surface area contributed by atoms with E-state index in [1.54, 1.807) is 29.2 Å². The number of nitrogens with zero attached hydrogens (tertiary/aromatic N) is 6. The number of nitro benzene ring substituents is 1. The molecule has 8 nitrogen and oxygen atoms in total. The van der Waals surface area contributed by atoms with Gasteiger partial charge < -0.3 is 4.90 Å². The normalized spacial score (nSPS) is 15.3. The average molecular weight is 432 g/mol. The van der Waals surface area contributed by atoms with E-state index in [0.717, 1.165) is 6.07 Å². The maximum absolute atomic E-state index is 12.9. The van der Waals surface area contributed by atoms with Crippen LogP contribution in [0.4, 0.5) is 24.5 Å². The first kappa shape index (κ1) is 20.8. The van der Waals surface area contributed by atoms with Crippen molar-refractivity contribution in [2.75, 3.05) is 31.1 Å². The zero-order chi connectivity index (χ0) is 22.0. The van der Waals surface area contributed by atoms with E-state index in [2.05, 4.69) is 15.0 Å². The third kappa shape index (κ3) is 4.82. The second-order valence-electron chi connectivity index (χ2n) is 7.21. The van der Waals surface area contributed by atoms with Gasteiger partial charge in [0, 0.05) is 49.6 Å². The summed E-state index contributed by atoms with van der Waals surface area (Å²) in [5.41, 5.74) is 0.602. The third-order valence-electron chi connectivity index (χ3n) is 5.13. The van der Waals surface area contributed by atoms with Gasteiger partial charge in [-0.3, -0.25) is 15.0 Å². The molecule has 31 heavy (non-hydrogen) atoms. The molecule has 0 saturated carbocycles. The maximum Gasteiger partial charge on any atom is 0.416 e. The van der Waals surface area contributed by atoms with Crippen molar-refractivity contribution in [3.8, 4) is 11.4 Å². The zero-order valence-corrected chi connectivity index (χ0v) is 16.4. The van der Waals surface area contributed by atoms with Crippen LogP contribution in [0.5, 0.6) is 0 Å². The number of piperazine rings is 1. The summed E-state index contributed by atoms with van der Waals surface area (Å²) in [4.78, 5) is 18.6. The lowest BCUT2D eigenvalue weighted by atomic mass is 10.1. The van der Waals surface area contributed by atoms with E-state index in [0.29, 0.717) is 49.9 Å². The Balaban J connectivity index is 1.35. The van der Waals surface area contributed by atoms with E-state index >= 15 is 0 Å². The number of nitro groups is 1. The Morgan fingerprint density at radius 1 is 1.03 bits per heavy atom. The van der Waals surface area contributed by atoms with Gasteiger partial charge in [-0.1, -0.05) is 6.07 Å². The molecule has 0 radical (unpaired) electrons. The van der Waals surface area contributed by atoms with Crippen LogP contribution in [0.15, 0.2) is 54.9 Å². The van der Waals surface area contributed by atoms with Crippen molar-refractivity contribution >= 4 is 11.4 Å². The summed E-state index contributed by atoms with van der Waals surface area (Å²) in [5, 5.41) is 15.2. The van der Waals surface area contributed by atoms with E-state index < -0.39 is 16.7 Å². The summed E-state index contributed by atoms with van der Waals surface area (Å²) in [6.07, 6.45) is -2.76. The molecule has 0 bridgehead atoms. The van der Waals surface area contributed by atoms with Crippen LogP contribution in [-0.2, 0) is 12.8 Å². The summed E-state index contributed by atoms with van der Waals surface area (Å²) < 4.78 is 40.5. The fourth-order valence-electron chi connectivity index (χ4n) is 3.46. The van der Waals surface area contributed by atoms with Gasteiger partial charge in [0.1, 0.15) is 6.33 Å². The minimum absolute atomic E-state index is 0.00169. The number of rotatable bonds is 5. The molecule has 1 aliphatic heterocycles. The number of aromatic nitrogens is 3. The summed E-state index contributed by atoms with van der Waals surface area (Å²) in [6.45, 7) is 3.04. The number of hydrogen-bond donors (Lipinski definition) is 0. The molecular formula is C20H19F3N6O2. The molecule has 0 spiro atoms. The molecule has 1 aromatic heterocycles. The summed E-state index contributed by atoms with van der Waals surface area (Å²) in [7, 11) is 0. The topological polar surface area (TPSA) is 80.3 Å². The van der Waals surface area contributed by atoms with Crippen LogP contribution < -0.4 is 4.90 Å². The van der Waals surface area contributed by atoms with Gasteiger partial charge in [-0.25, -0.2) is 9.67 Å². The van der Waals surface area contributed by atoms with E-state index in [1.165, 1.54) is 24.3 Å². The van der Waals surface area contributed by atoms with Crippen LogP contribution in [-0.4, -0.2) is 50.8 Å². The largest absolute Gasteiger partial charge is 0.416 e. The minimum Gasteiger partial charge on any atom is -0.369 e. The Morgan fingerprint density at radius 3 is 2.39 bits per heavy atom. The molecule has 4 rings (SSSR count). The summed E-state index contributed by atoms with van der Waals surface area (Å²) >= 11 is 0. The molecule has 1 saturated heterocycles. The summed E-state index contributed by atoms with van der Waals surface area (Å²) in [5.74, 6) is 0.470. The Labute approximate surface area is 175 Å². The quantitative estimate of drug-likeness (QED) is 0.452. The van der Waals surface area contributed by atoms with E-state index in [-0.39, 0.29) is 5.69 Å². The third-order valence-corrected chi connectivity index (χ3v) is 5.13. The van der Waals surface area contributed by atoms with Crippen molar-refractivity contribution in [2.45, 2.75) is 12.8 Å². The highest BCUT2D eigenvalue weighted by Crippen LogP contribution is 2.32. The van der Waals surface area contributed by atoms with E-state index in [4.69, 9.17) is 0 Å². The first-order chi connectivity index (χ1) is 14.8. The van der Waals surface area contributed by atoms with Gasteiger partial charge in [-0.05, 0) is 30.3 Å². The van der Waals surface area contributed by atoms with Crippen molar-refractivity contribution < 1.29 is 18.1 Å². The number of hydrogen-bond acceptors (Lipinski definition) is 6. The lowest BCUT2D eigenvalue weighted by Gasteiger charge is -2.36. The molecule has 2 heterocycles. The fourth-order valence-corrected chi connectivity index (χ4v) is 3.46. The predicted octanol–water partition coefficient (Wildman–Crippen LogP) is 3.65. The number of alkyl halides is 3. The zero-order valence-electron chi connectivity index (χ0n) is 16.4. The van der Waals surface area contributed by atoms with Gasteiger partial charge in [-0.15, -0.1) is 5.10 Å². The van der Waals surface area contributed by atoms with Crippen molar-refractivity contribution in [1.82, 2.24) is 19.7 Å². The van der Waals surface area contributed by atoms with Crippen LogP contribution in [0.1, 0.15) is 5.56 Å². The molecule has 0 unspecified atom stereocenters. The van der Waals surface area contributed by atoms with Crippen molar-refractivity contribution in [2.24, 2.45) is 0 Å². The number of benzene rings is 2. The molecule has 1 fully saturated rings. The molecule has 1 aliphatic rings. The highest BCUT2D eigenvalue weighted by molar-refractivity contribution is 5.56. The number of non-ortho nitro benzene ring substituents is 1. The lowest BCUT2D eigenvalue weighted by Crippen LogP contribution is -2.46. The SMILES string of the molecule is O=[N+]([O-])c1ccc(-c2ncn(CN3CCN(c4cccc(C(F)(F)F)c4)CC3)n2)cc1. The van der Waals surface area contributed by atoms with Gasteiger partial charge in [0.25, 0.3) is 5.69 Å². The Morgan fingerprint density at radius 2 is 1.74 bits per heavy atom. The Bertz CT molecular complexity index is 1060. The lowest BCUT2D eigenvalue weighted by molar-refractivity contribution is -0.384. The van der Waals surface area contributed by atoms with Crippen LogP contribution in [0.3, 0.4) is 0 Å². The Hall–Kier alpha value is -3.47. The molecule has 3 aromatic rings. The molecule has 11 heteroatoms. The summed E-state index contributed by atoms with van der Waals surface area (Å²) in [6, 6.07) is 11.4. The molecule has 0 amide bonds. The molecular weight excluding hydrogens is 413 g/mol. The average Bonchev–Trinajstić information content (AvgIpc) is 3.22. The first-order valence-corrected chi connectivity index (χ1v) is 9.58. The van der Waals surface area contributed by atoms with Crippen LogP contribution in [0, 0.1) is 10.1 Å². The standard InChI is InChI=1S/C20H19F3N6O2/c21-20(22,23)16-2-1-3-18(12-16)27-10-8-26(9-11-27)14-28-13-24-19(25-28)15-4-6-17(7-5-15)29(30)31/h1-7,12-13H,8-11,14H2. The smallest absolute Gasteiger partial charge is 0.369 e. The molecule has 0 atom stereocenters. The van der Waals surface area contributed by atoms with E-state index in [1.807, 2.05) is 4.90 Å². The van der Waals surface area contributed by atoms with Crippen LogP contribution >= 0.6 is 0 Å². The molecule has 0 N–H and O–H groups in total. The molecule has 0 aliphatic carbocycles. The number of anilines is 1. The molecule has 2 aromatic carbocycles. The van der Waals surface area contributed by atoms with E-state index in [9.17, 15) is 23.3 Å².